The average Bonchev–Trinajstić information content (AvgIpc) is 3.43. The largest absolute Gasteiger partial charge is 0.497 e. The number of benzene rings is 2. The molecule has 8 nitrogen and oxygen atoms in total. The third-order valence-electron chi connectivity index (χ3n) is 5.49. The molecule has 8 heteroatoms. The summed E-state index contributed by atoms with van der Waals surface area (Å²) in [5.41, 5.74) is 6.47. The molecule has 0 bridgehead atoms. The van der Waals surface area contributed by atoms with Crippen molar-refractivity contribution in [2.45, 2.75) is 0 Å². The predicted octanol–water partition coefficient (Wildman–Crippen LogP) is 4.62. The SMILES string of the molecule is COc1cccc(-c2nc3c(Nc4cccc(N(C)C)c4)nccn3c2-c2cnn(C)c2)c1. The van der Waals surface area contributed by atoms with Gasteiger partial charge in [0.05, 0.1) is 24.7 Å². The minimum Gasteiger partial charge on any atom is -0.497 e. The van der Waals surface area contributed by atoms with Gasteiger partial charge in [0.2, 0.25) is 0 Å². The van der Waals surface area contributed by atoms with Crippen LogP contribution in [0.5, 0.6) is 5.75 Å². The van der Waals surface area contributed by atoms with Gasteiger partial charge in [-0.1, -0.05) is 18.2 Å². The van der Waals surface area contributed by atoms with E-state index in [4.69, 9.17) is 9.72 Å². The lowest BCUT2D eigenvalue weighted by atomic mass is 10.1. The highest BCUT2D eigenvalue weighted by Crippen LogP contribution is 2.35. The zero-order valence-electron chi connectivity index (χ0n) is 19.0. The van der Waals surface area contributed by atoms with Crippen LogP contribution in [0.3, 0.4) is 0 Å². The number of imidazole rings is 1. The Balaban J connectivity index is 1.69. The summed E-state index contributed by atoms with van der Waals surface area (Å²) in [5.74, 6) is 1.45. The maximum Gasteiger partial charge on any atom is 0.181 e. The molecular weight excluding hydrogens is 414 g/mol. The van der Waals surface area contributed by atoms with Crippen LogP contribution in [0.4, 0.5) is 17.2 Å². The van der Waals surface area contributed by atoms with Crippen LogP contribution in [0.25, 0.3) is 28.2 Å². The van der Waals surface area contributed by atoms with E-state index in [9.17, 15) is 0 Å². The number of ether oxygens (including phenoxy) is 1. The quantitative estimate of drug-likeness (QED) is 0.416. The summed E-state index contributed by atoms with van der Waals surface area (Å²) in [6, 6.07) is 16.1. The number of methoxy groups -OCH3 is 1. The van der Waals surface area contributed by atoms with Gasteiger partial charge < -0.3 is 15.0 Å². The van der Waals surface area contributed by atoms with E-state index < -0.39 is 0 Å². The molecule has 0 unspecified atom stereocenters. The molecule has 5 aromatic rings. The Kier molecular flexibility index (Phi) is 5.18. The summed E-state index contributed by atoms with van der Waals surface area (Å²) in [4.78, 5) is 11.7. The van der Waals surface area contributed by atoms with Crippen molar-refractivity contribution in [3.63, 3.8) is 0 Å². The van der Waals surface area contributed by atoms with Crippen LogP contribution in [-0.2, 0) is 7.05 Å². The summed E-state index contributed by atoms with van der Waals surface area (Å²) >= 11 is 0. The summed E-state index contributed by atoms with van der Waals surface area (Å²) in [6.45, 7) is 0. The third-order valence-corrected chi connectivity index (χ3v) is 5.49. The molecule has 2 aromatic carbocycles. The first kappa shape index (κ1) is 20.6. The van der Waals surface area contributed by atoms with Crippen molar-refractivity contribution in [1.82, 2.24) is 24.1 Å². The Bertz CT molecular complexity index is 1430. The molecular formula is C25H25N7O. The van der Waals surface area contributed by atoms with Gasteiger partial charge in [-0.05, 0) is 30.3 Å². The number of aromatic nitrogens is 5. The highest BCUT2D eigenvalue weighted by Gasteiger charge is 2.20. The van der Waals surface area contributed by atoms with Crippen LogP contribution in [0.15, 0.2) is 73.3 Å². The van der Waals surface area contributed by atoms with Gasteiger partial charge in [-0.2, -0.15) is 5.10 Å². The molecule has 0 amide bonds. The molecule has 0 atom stereocenters. The van der Waals surface area contributed by atoms with E-state index in [2.05, 4.69) is 36.8 Å². The molecule has 0 aliphatic heterocycles. The van der Waals surface area contributed by atoms with Gasteiger partial charge in [-0.3, -0.25) is 9.08 Å². The van der Waals surface area contributed by atoms with E-state index in [-0.39, 0.29) is 0 Å². The van der Waals surface area contributed by atoms with Crippen LogP contribution >= 0.6 is 0 Å². The van der Waals surface area contributed by atoms with Crippen molar-refractivity contribution in [3.05, 3.63) is 73.3 Å². The zero-order valence-corrected chi connectivity index (χ0v) is 19.0. The van der Waals surface area contributed by atoms with Crippen LogP contribution in [-0.4, -0.2) is 45.4 Å². The molecule has 0 fully saturated rings. The first-order valence-electron chi connectivity index (χ1n) is 10.6. The molecule has 0 aliphatic carbocycles. The highest BCUT2D eigenvalue weighted by molar-refractivity contribution is 5.85. The van der Waals surface area contributed by atoms with Crippen molar-refractivity contribution in [3.8, 4) is 28.3 Å². The van der Waals surface area contributed by atoms with Gasteiger partial charge in [0.25, 0.3) is 0 Å². The van der Waals surface area contributed by atoms with Crippen LogP contribution in [0.1, 0.15) is 0 Å². The number of fused-ring (bicyclic) bond motifs is 1. The summed E-state index contributed by atoms with van der Waals surface area (Å²) < 4.78 is 9.30. The lowest BCUT2D eigenvalue weighted by molar-refractivity contribution is 0.415. The molecule has 166 valence electrons. The minimum absolute atomic E-state index is 0.674. The van der Waals surface area contributed by atoms with Crippen LogP contribution in [0, 0.1) is 0 Å². The lowest BCUT2D eigenvalue weighted by Gasteiger charge is -2.14. The smallest absolute Gasteiger partial charge is 0.181 e. The number of hydrogen-bond acceptors (Lipinski definition) is 6. The van der Waals surface area contributed by atoms with Crippen molar-refractivity contribution in [2.24, 2.45) is 7.05 Å². The first-order valence-corrected chi connectivity index (χ1v) is 10.6. The number of rotatable bonds is 6. The summed E-state index contributed by atoms with van der Waals surface area (Å²) in [6.07, 6.45) is 7.54. The molecule has 0 aliphatic rings. The fourth-order valence-corrected chi connectivity index (χ4v) is 3.85. The number of anilines is 3. The van der Waals surface area contributed by atoms with Crippen molar-refractivity contribution in [1.29, 1.82) is 0 Å². The molecule has 1 N–H and O–H groups in total. The maximum atomic E-state index is 5.45. The van der Waals surface area contributed by atoms with Gasteiger partial charge >= 0.3 is 0 Å². The van der Waals surface area contributed by atoms with Gasteiger partial charge in [-0.25, -0.2) is 9.97 Å². The van der Waals surface area contributed by atoms with Crippen molar-refractivity contribution in [2.75, 3.05) is 31.4 Å². The number of nitrogens with zero attached hydrogens (tertiary/aromatic N) is 6. The molecule has 0 radical (unpaired) electrons. The minimum atomic E-state index is 0.674. The summed E-state index contributed by atoms with van der Waals surface area (Å²) in [7, 11) is 7.61. The second kappa shape index (κ2) is 8.31. The molecule has 0 saturated carbocycles. The lowest BCUT2D eigenvalue weighted by Crippen LogP contribution is -2.08. The Morgan fingerprint density at radius 2 is 1.88 bits per heavy atom. The zero-order chi connectivity index (χ0) is 22.9. The fourth-order valence-electron chi connectivity index (χ4n) is 3.85. The molecule has 0 spiro atoms. The van der Waals surface area contributed by atoms with Crippen LogP contribution < -0.4 is 15.0 Å². The van der Waals surface area contributed by atoms with E-state index in [1.165, 1.54) is 0 Å². The van der Waals surface area contributed by atoms with Gasteiger partial charge in [-0.15, -0.1) is 0 Å². The fraction of sp³-hybridized carbons (Fsp3) is 0.160. The molecule has 5 rings (SSSR count). The van der Waals surface area contributed by atoms with E-state index in [1.807, 2.05) is 76.1 Å². The predicted molar refractivity (Wildman–Crippen MR) is 131 cm³/mol. The highest BCUT2D eigenvalue weighted by atomic mass is 16.5. The topological polar surface area (TPSA) is 72.5 Å². The normalized spacial score (nSPS) is 11.0. The average molecular weight is 440 g/mol. The Morgan fingerprint density at radius 3 is 2.64 bits per heavy atom. The Morgan fingerprint density at radius 1 is 1.03 bits per heavy atom. The molecule has 33 heavy (non-hydrogen) atoms. The second-order valence-electron chi connectivity index (χ2n) is 7.98. The van der Waals surface area contributed by atoms with E-state index in [0.29, 0.717) is 5.82 Å². The standard InChI is InChI=1S/C25H25N7O/c1-30(2)20-9-6-8-19(14-20)28-24-25-29-22(17-7-5-10-21(13-17)33-4)23(32(25)12-11-26-24)18-15-27-31(3)16-18/h5-16H,1-4H3,(H,26,28). The second-order valence-corrected chi connectivity index (χ2v) is 7.98. The summed E-state index contributed by atoms with van der Waals surface area (Å²) in [5, 5.41) is 7.83. The van der Waals surface area contributed by atoms with Gasteiger partial charge in [0.15, 0.2) is 11.5 Å². The third kappa shape index (κ3) is 3.87. The number of hydrogen-bond donors (Lipinski definition) is 1. The van der Waals surface area contributed by atoms with Crippen LogP contribution in [0.2, 0.25) is 0 Å². The van der Waals surface area contributed by atoms with E-state index >= 15 is 0 Å². The number of nitrogens with one attached hydrogen (secondary N) is 1. The monoisotopic (exact) mass is 439 g/mol. The molecule has 3 heterocycles. The maximum absolute atomic E-state index is 5.45. The Hall–Kier alpha value is -4.33. The van der Waals surface area contributed by atoms with Gasteiger partial charge in [0.1, 0.15) is 5.75 Å². The van der Waals surface area contributed by atoms with Crippen molar-refractivity contribution < 1.29 is 4.74 Å². The number of aryl methyl sites for hydroxylation is 1. The first-order chi connectivity index (χ1) is 16.0. The van der Waals surface area contributed by atoms with Crippen molar-refractivity contribution >= 4 is 22.8 Å². The molecule has 0 saturated heterocycles. The van der Waals surface area contributed by atoms with E-state index in [1.54, 1.807) is 18.0 Å². The Labute approximate surface area is 192 Å². The van der Waals surface area contributed by atoms with E-state index in [0.717, 1.165) is 45.3 Å². The molecule has 3 aromatic heterocycles. The van der Waals surface area contributed by atoms with Gasteiger partial charge in [0, 0.05) is 62.2 Å².